The summed E-state index contributed by atoms with van der Waals surface area (Å²) >= 11 is 0. The quantitative estimate of drug-likeness (QED) is 0.810. The lowest BCUT2D eigenvalue weighted by molar-refractivity contribution is 0.207. The average Bonchev–Trinajstić information content (AvgIpc) is 2.29. The molecule has 3 heteroatoms. The molecule has 1 atom stereocenters. The highest BCUT2D eigenvalue weighted by Crippen LogP contribution is 2.29. The van der Waals surface area contributed by atoms with E-state index in [2.05, 4.69) is 6.92 Å². The normalized spacial score (nSPS) is 12.3. The number of methoxy groups -OCH3 is 1. The molecule has 84 valence electrons. The topological polar surface area (TPSA) is 38.7 Å². The van der Waals surface area contributed by atoms with E-state index in [9.17, 15) is 0 Å². The molecule has 0 saturated heterocycles. The average molecular weight is 210 g/mol. The summed E-state index contributed by atoms with van der Waals surface area (Å²) in [5.74, 6) is 1.39. The Hall–Kier alpha value is -1.22. The molecule has 15 heavy (non-hydrogen) atoms. The molecule has 1 aromatic carbocycles. The first-order valence-electron chi connectivity index (χ1n) is 5.15. The van der Waals surface area contributed by atoms with Crippen molar-refractivity contribution in [3.63, 3.8) is 0 Å². The van der Waals surface area contributed by atoms with Gasteiger partial charge in [-0.2, -0.15) is 0 Å². The van der Waals surface area contributed by atoms with Gasteiger partial charge in [0.1, 0.15) is 0 Å². The molecule has 0 aliphatic carbocycles. The second kappa shape index (κ2) is 5.61. The van der Waals surface area contributed by atoms with Gasteiger partial charge in [0.25, 0.3) is 0 Å². The summed E-state index contributed by atoms with van der Waals surface area (Å²) in [4.78, 5) is 0. The third kappa shape index (κ3) is 3.13. The van der Waals surface area contributed by atoms with Crippen LogP contribution in [0, 0.1) is 0 Å². The number of aliphatic hydroxyl groups is 1. The van der Waals surface area contributed by atoms with Crippen LogP contribution < -0.4 is 9.47 Å². The zero-order valence-corrected chi connectivity index (χ0v) is 9.49. The van der Waals surface area contributed by atoms with E-state index in [-0.39, 0.29) is 12.7 Å². The molecule has 0 fully saturated rings. The molecule has 0 spiro atoms. The zero-order valence-electron chi connectivity index (χ0n) is 9.49. The van der Waals surface area contributed by atoms with E-state index in [1.54, 1.807) is 13.2 Å². The summed E-state index contributed by atoms with van der Waals surface area (Å²) in [6, 6.07) is 5.45. The first kappa shape index (κ1) is 11.9. The predicted octanol–water partition coefficient (Wildman–Crippen LogP) is 2.36. The maximum Gasteiger partial charge on any atom is 0.161 e. The van der Waals surface area contributed by atoms with E-state index >= 15 is 0 Å². The summed E-state index contributed by atoms with van der Waals surface area (Å²) in [7, 11) is 1.60. The SMILES string of the molecule is CC[C@@H](C)Oc1ccc(CO)cc1OC. The Labute approximate surface area is 90.6 Å². The third-order valence-electron chi connectivity index (χ3n) is 2.31. The molecular weight excluding hydrogens is 192 g/mol. The lowest BCUT2D eigenvalue weighted by Crippen LogP contribution is -2.10. The molecule has 1 aromatic rings. The van der Waals surface area contributed by atoms with Gasteiger partial charge < -0.3 is 14.6 Å². The smallest absolute Gasteiger partial charge is 0.161 e. The molecule has 0 heterocycles. The Morgan fingerprint density at radius 1 is 1.33 bits per heavy atom. The first-order valence-corrected chi connectivity index (χ1v) is 5.15. The minimum absolute atomic E-state index is 0.0139. The maximum atomic E-state index is 8.98. The van der Waals surface area contributed by atoms with E-state index in [1.807, 2.05) is 19.1 Å². The second-order valence-corrected chi connectivity index (χ2v) is 3.48. The van der Waals surface area contributed by atoms with E-state index in [1.165, 1.54) is 0 Å². The zero-order chi connectivity index (χ0) is 11.3. The van der Waals surface area contributed by atoms with Crippen molar-refractivity contribution in [3.8, 4) is 11.5 Å². The number of aliphatic hydroxyl groups excluding tert-OH is 1. The molecule has 1 N–H and O–H groups in total. The molecule has 0 saturated carbocycles. The van der Waals surface area contributed by atoms with Crippen LogP contribution in [-0.4, -0.2) is 18.3 Å². The van der Waals surface area contributed by atoms with Crippen LogP contribution in [-0.2, 0) is 6.61 Å². The van der Waals surface area contributed by atoms with Crippen LogP contribution in [0.3, 0.4) is 0 Å². The lowest BCUT2D eigenvalue weighted by Gasteiger charge is -2.15. The third-order valence-corrected chi connectivity index (χ3v) is 2.31. The second-order valence-electron chi connectivity index (χ2n) is 3.48. The van der Waals surface area contributed by atoms with Crippen molar-refractivity contribution in [2.24, 2.45) is 0 Å². The van der Waals surface area contributed by atoms with Gasteiger partial charge >= 0.3 is 0 Å². The Kier molecular flexibility index (Phi) is 4.43. The van der Waals surface area contributed by atoms with Gasteiger partial charge in [-0.1, -0.05) is 13.0 Å². The Morgan fingerprint density at radius 2 is 2.07 bits per heavy atom. The number of hydrogen-bond donors (Lipinski definition) is 1. The van der Waals surface area contributed by atoms with Crippen LogP contribution in [0.5, 0.6) is 11.5 Å². The van der Waals surface area contributed by atoms with E-state index in [0.717, 1.165) is 17.7 Å². The van der Waals surface area contributed by atoms with Crippen LogP contribution in [0.15, 0.2) is 18.2 Å². The standard InChI is InChI=1S/C12H18O3/c1-4-9(2)15-11-6-5-10(8-13)7-12(11)14-3/h5-7,9,13H,4,8H2,1-3H3/t9-/m1/s1. The van der Waals surface area contributed by atoms with E-state index in [4.69, 9.17) is 14.6 Å². The van der Waals surface area contributed by atoms with Crippen molar-refractivity contribution in [2.45, 2.75) is 33.0 Å². The van der Waals surface area contributed by atoms with Gasteiger partial charge in [0.05, 0.1) is 19.8 Å². The van der Waals surface area contributed by atoms with Gasteiger partial charge in [-0.05, 0) is 31.0 Å². The van der Waals surface area contributed by atoms with Gasteiger partial charge in [0.15, 0.2) is 11.5 Å². The van der Waals surface area contributed by atoms with Crippen molar-refractivity contribution in [2.75, 3.05) is 7.11 Å². The number of ether oxygens (including phenoxy) is 2. The van der Waals surface area contributed by atoms with Crippen molar-refractivity contribution in [1.29, 1.82) is 0 Å². The Balaban J connectivity index is 2.87. The fraction of sp³-hybridized carbons (Fsp3) is 0.500. The van der Waals surface area contributed by atoms with Gasteiger partial charge in [-0.3, -0.25) is 0 Å². The summed E-state index contributed by atoms with van der Waals surface area (Å²) < 4.78 is 10.9. The Bertz CT molecular complexity index is 310. The lowest BCUT2D eigenvalue weighted by atomic mass is 10.2. The fourth-order valence-electron chi connectivity index (χ4n) is 1.21. The van der Waals surface area contributed by atoms with Crippen LogP contribution >= 0.6 is 0 Å². The highest BCUT2D eigenvalue weighted by molar-refractivity contribution is 5.42. The molecule has 0 bridgehead atoms. The summed E-state index contributed by atoms with van der Waals surface area (Å²) in [6.45, 7) is 4.10. The molecule has 0 radical (unpaired) electrons. The van der Waals surface area contributed by atoms with Gasteiger partial charge in [-0.15, -0.1) is 0 Å². The van der Waals surface area contributed by atoms with Crippen LogP contribution in [0.1, 0.15) is 25.8 Å². The van der Waals surface area contributed by atoms with Crippen LogP contribution in [0.25, 0.3) is 0 Å². The summed E-state index contributed by atoms with van der Waals surface area (Å²) in [5, 5.41) is 8.98. The number of rotatable bonds is 5. The van der Waals surface area contributed by atoms with E-state index < -0.39 is 0 Å². The van der Waals surface area contributed by atoms with E-state index in [0.29, 0.717) is 5.75 Å². The molecular formula is C12H18O3. The highest BCUT2D eigenvalue weighted by atomic mass is 16.5. The molecule has 1 rings (SSSR count). The van der Waals surface area contributed by atoms with Gasteiger partial charge in [0.2, 0.25) is 0 Å². The number of benzene rings is 1. The molecule has 0 aliphatic rings. The Morgan fingerprint density at radius 3 is 2.60 bits per heavy atom. The molecule has 0 aliphatic heterocycles. The van der Waals surface area contributed by atoms with Crippen LogP contribution in [0.2, 0.25) is 0 Å². The first-order chi connectivity index (χ1) is 7.21. The van der Waals surface area contributed by atoms with Crippen molar-refractivity contribution in [1.82, 2.24) is 0 Å². The van der Waals surface area contributed by atoms with Gasteiger partial charge in [-0.25, -0.2) is 0 Å². The predicted molar refractivity (Wildman–Crippen MR) is 59.3 cm³/mol. The number of hydrogen-bond acceptors (Lipinski definition) is 3. The molecule has 3 nitrogen and oxygen atoms in total. The van der Waals surface area contributed by atoms with Gasteiger partial charge in [0, 0.05) is 0 Å². The van der Waals surface area contributed by atoms with Crippen LogP contribution in [0.4, 0.5) is 0 Å². The molecule has 0 unspecified atom stereocenters. The van der Waals surface area contributed by atoms with Crippen molar-refractivity contribution in [3.05, 3.63) is 23.8 Å². The minimum atomic E-state index is 0.0139. The fourth-order valence-corrected chi connectivity index (χ4v) is 1.21. The minimum Gasteiger partial charge on any atom is -0.493 e. The maximum absolute atomic E-state index is 8.98. The monoisotopic (exact) mass is 210 g/mol. The summed E-state index contributed by atoms with van der Waals surface area (Å²) in [6.07, 6.45) is 1.11. The molecule has 0 amide bonds. The largest absolute Gasteiger partial charge is 0.493 e. The van der Waals surface area contributed by atoms with Crippen molar-refractivity contribution >= 4 is 0 Å². The summed E-state index contributed by atoms with van der Waals surface area (Å²) in [5.41, 5.74) is 0.823. The molecule has 0 aromatic heterocycles. The van der Waals surface area contributed by atoms with Crippen molar-refractivity contribution < 1.29 is 14.6 Å². The highest BCUT2D eigenvalue weighted by Gasteiger charge is 2.08.